The van der Waals surface area contributed by atoms with E-state index in [0.29, 0.717) is 18.8 Å². The SMILES string of the molecule is N#Cc1ccc(-c2ccc(OCCCOc3ccc(C=Nc4ccc5ccc6cccc7ccc4c5c67)cc3)cc2)cc1. The third-order valence-electron chi connectivity index (χ3n) is 7.77. The van der Waals surface area contributed by atoms with Crippen LogP contribution in [0.4, 0.5) is 5.69 Å². The number of nitriles is 1. The average molecular weight is 557 g/mol. The van der Waals surface area contributed by atoms with E-state index in [1.54, 1.807) is 0 Å². The minimum absolute atomic E-state index is 0.569. The summed E-state index contributed by atoms with van der Waals surface area (Å²) in [5.41, 5.74) is 4.81. The van der Waals surface area contributed by atoms with Gasteiger partial charge in [0.1, 0.15) is 11.5 Å². The first-order valence-electron chi connectivity index (χ1n) is 14.4. The Hall–Kier alpha value is -5.66. The van der Waals surface area contributed by atoms with Gasteiger partial charge in [0.25, 0.3) is 0 Å². The minimum Gasteiger partial charge on any atom is -0.493 e. The van der Waals surface area contributed by atoms with Crippen molar-refractivity contribution >= 4 is 44.2 Å². The van der Waals surface area contributed by atoms with Gasteiger partial charge in [0.05, 0.1) is 30.5 Å². The smallest absolute Gasteiger partial charge is 0.119 e. The van der Waals surface area contributed by atoms with Gasteiger partial charge in [-0.2, -0.15) is 5.26 Å². The van der Waals surface area contributed by atoms with E-state index >= 15 is 0 Å². The molecule has 0 heterocycles. The molecule has 0 aliphatic carbocycles. The first-order valence-corrected chi connectivity index (χ1v) is 14.4. The minimum atomic E-state index is 0.569. The molecule has 0 spiro atoms. The number of nitrogens with zero attached hydrogens (tertiary/aromatic N) is 2. The van der Waals surface area contributed by atoms with Gasteiger partial charge >= 0.3 is 0 Å². The molecule has 0 saturated carbocycles. The zero-order valence-electron chi connectivity index (χ0n) is 23.5. The second-order valence-corrected chi connectivity index (χ2v) is 10.5. The number of aliphatic imine (C=N–C) groups is 1. The van der Waals surface area contributed by atoms with E-state index in [2.05, 4.69) is 60.7 Å². The third-order valence-corrected chi connectivity index (χ3v) is 7.77. The molecule has 7 rings (SSSR count). The summed E-state index contributed by atoms with van der Waals surface area (Å²) in [6.45, 7) is 1.14. The molecule has 0 fully saturated rings. The molecule has 0 atom stereocenters. The molecular formula is C39H28N2O2. The van der Waals surface area contributed by atoms with E-state index in [1.807, 2.05) is 79.0 Å². The molecule has 0 amide bonds. The van der Waals surface area contributed by atoms with E-state index < -0.39 is 0 Å². The predicted molar refractivity (Wildman–Crippen MR) is 176 cm³/mol. The summed E-state index contributed by atoms with van der Waals surface area (Å²) in [6.07, 6.45) is 2.69. The van der Waals surface area contributed by atoms with Crippen molar-refractivity contribution in [1.29, 1.82) is 5.26 Å². The van der Waals surface area contributed by atoms with Crippen LogP contribution in [0.3, 0.4) is 0 Å². The van der Waals surface area contributed by atoms with Gasteiger partial charge in [-0.25, -0.2) is 0 Å². The predicted octanol–water partition coefficient (Wildman–Crippen LogP) is 9.72. The molecule has 7 aromatic carbocycles. The first kappa shape index (κ1) is 26.3. The maximum absolute atomic E-state index is 8.97. The van der Waals surface area contributed by atoms with E-state index in [-0.39, 0.29) is 0 Å². The summed E-state index contributed by atoms with van der Waals surface area (Å²) in [5, 5.41) is 16.5. The topological polar surface area (TPSA) is 54.6 Å². The van der Waals surface area contributed by atoms with Gasteiger partial charge in [-0.3, -0.25) is 4.99 Å². The number of hydrogen-bond acceptors (Lipinski definition) is 4. The molecule has 7 aromatic rings. The zero-order valence-corrected chi connectivity index (χ0v) is 23.5. The largest absolute Gasteiger partial charge is 0.493 e. The Balaban J connectivity index is 0.926. The highest BCUT2D eigenvalue weighted by Gasteiger charge is 2.10. The Kier molecular flexibility index (Phi) is 7.13. The molecule has 43 heavy (non-hydrogen) atoms. The maximum Gasteiger partial charge on any atom is 0.119 e. The third kappa shape index (κ3) is 5.49. The second kappa shape index (κ2) is 11.7. The molecule has 0 aliphatic rings. The molecule has 0 aromatic heterocycles. The van der Waals surface area contributed by atoms with Gasteiger partial charge in [-0.15, -0.1) is 0 Å². The monoisotopic (exact) mass is 556 g/mol. The lowest BCUT2D eigenvalue weighted by Crippen LogP contribution is -2.05. The van der Waals surface area contributed by atoms with E-state index in [4.69, 9.17) is 19.7 Å². The van der Waals surface area contributed by atoms with E-state index in [1.165, 1.54) is 32.3 Å². The number of hydrogen-bond donors (Lipinski definition) is 0. The van der Waals surface area contributed by atoms with Crippen molar-refractivity contribution in [2.24, 2.45) is 4.99 Å². The Labute approximate surface area is 250 Å². The zero-order chi connectivity index (χ0) is 29.0. The number of ether oxygens (including phenoxy) is 2. The fourth-order valence-corrected chi connectivity index (χ4v) is 5.55. The quantitative estimate of drug-likeness (QED) is 0.101. The molecule has 4 heteroatoms. The van der Waals surface area contributed by atoms with Crippen molar-refractivity contribution in [2.45, 2.75) is 6.42 Å². The molecule has 0 radical (unpaired) electrons. The fourth-order valence-electron chi connectivity index (χ4n) is 5.55. The highest BCUT2D eigenvalue weighted by molar-refractivity contribution is 6.25. The van der Waals surface area contributed by atoms with E-state index in [9.17, 15) is 0 Å². The van der Waals surface area contributed by atoms with Gasteiger partial charge in [0.15, 0.2) is 0 Å². The Morgan fingerprint density at radius 3 is 1.79 bits per heavy atom. The summed E-state index contributed by atoms with van der Waals surface area (Å²) in [6, 6.07) is 45.2. The van der Waals surface area contributed by atoms with Crippen molar-refractivity contribution in [3.05, 3.63) is 139 Å². The van der Waals surface area contributed by atoms with Gasteiger partial charge in [-0.05, 0) is 98.2 Å². The van der Waals surface area contributed by atoms with Crippen LogP contribution in [-0.2, 0) is 0 Å². The molecule has 0 N–H and O–H groups in total. The van der Waals surface area contributed by atoms with Crippen molar-refractivity contribution < 1.29 is 9.47 Å². The van der Waals surface area contributed by atoms with Crippen LogP contribution < -0.4 is 9.47 Å². The molecule has 0 unspecified atom stereocenters. The lowest BCUT2D eigenvalue weighted by molar-refractivity contribution is 0.247. The summed E-state index contributed by atoms with van der Waals surface area (Å²) >= 11 is 0. The van der Waals surface area contributed by atoms with Crippen molar-refractivity contribution in [3.8, 4) is 28.7 Å². The van der Waals surface area contributed by atoms with Crippen LogP contribution in [0.25, 0.3) is 43.4 Å². The van der Waals surface area contributed by atoms with Crippen molar-refractivity contribution in [2.75, 3.05) is 13.2 Å². The Bertz CT molecular complexity index is 2070. The van der Waals surface area contributed by atoms with Crippen molar-refractivity contribution in [3.63, 3.8) is 0 Å². The summed E-state index contributed by atoms with van der Waals surface area (Å²) in [4.78, 5) is 4.86. The van der Waals surface area contributed by atoms with Crippen molar-refractivity contribution in [1.82, 2.24) is 0 Å². The van der Waals surface area contributed by atoms with Crippen LogP contribution in [0.2, 0.25) is 0 Å². The van der Waals surface area contributed by atoms with Gasteiger partial charge in [0, 0.05) is 18.0 Å². The van der Waals surface area contributed by atoms with Gasteiger partial charge in [-0.1, -0.05) is 72.8 Å². The standard InChI is InChI=1S/C39H28N2O2/c40-25-27-5-9-29(10-6-27)30-13-19-35(20-14-30)43-24-2-23-42-34-17-7-28(8-18-34)26-41-37-22-16-33-12-11-31-3-1-4-32-15-21-36(37)39(33)38(31)32/h1,3-22,26H,2,23-24H2. The van der Waals surface area contributed by atoms with E-state index in [0.717, 1.165) is 40.3 Å². The van der Waals surface area contributed by atoms with Crippen LogP contribution in [0, 0.1) is 11.3 Å². The highest BCUT2D eigenvalue weighted by Crippen LogP contribution is 2.38. The van der Waals surface area contributed by atoms with Crippen LogP contribution in [-0.4, -0.2) is 19.4 Å². The Morgan fingerprint density at radius 2 is 1.14 bits per heavy atom. The first-order chi connectivity index (χ1) is 21.2. The summed E-state index contributed by atoms with van der Waals surface area (Å²) in [5.74, 6) is 1.65. The molecule has 206 valence electrons. The highest BCUT2D eigenvalue weighted by atomic mass is 16.5. The second-order valence-electron chi connectivity index (χ2n) is 10.5. The lowest BCUT2D eigenvalue weighted by Gasteiger charge is -2.12. The van der Waals surface area contributed by atoms with Gasteiger partial charge < -0.3 is 9.47 Å². The fraction of sp³-hybridized carbons (Fsp3) is 0.0769. The molecule has 4 nitrogen and oxygen atoms in total. The maximum atomic E-state index is 8.97. The summed E-state index contributed by atoms with van der Waals surface area (Å²) < 4.78 is 11.8. The number of rotatable bonds is 9. The summed E-state index contributed by atoms with van der Waals surface area (Å²) in [7, 11) is 0. The molecule has 0 bridgehead atoms. The van der Waals surface area contributed by atoms with Crippen LogP contribution >= 0.6 is 0 Å². The molecular weight excluding hydrogens is 528 g/mol. The lowest BCUT2D eigenvalue weighted by atomic mass is 9.93. The average Bonchev–Trinajstić information content (AvgIpc) is 3.07. The number of benzene rings is 7. The van der Waals surface area contributed by atoms with Crippen LogP contribution in [0.15, 0.2) is 132 Å². The normalized spacial score (nSPS) is 11.4. The van der Waals surface area contributed by atoms with Crippen LogP contribution in [0.1, 0.15) is 17.5 Å². The Morgan fingerprint density at radius 1 is 0.581 bits per heavy atom. The molecule has 0 aliphatic heterocycles. The van der Waals surface area contributed by atoms with Crippen LogP contribution in [0.5, 0.6) is 11.5 Å². The molecule has 0 saturated heterocycles. The van der Waals surface area contributed by atoms with Gasteiger partial charge in [0.2, 0.25) is 0 Å².